The monoisotopic (exact) mass is 226 g/mol. The third-order valence-electron chi connectivity index (χ3n) is 2.19. The predicted molar refractivity (Wildman–Crippen MR) is 55.1 cm³/mol. The molecule has 2 atom stereocenters. The molecular formula is C11H14O5. The molecule has 2 rings (SSSR count). The standard InChI is InChI=1S/C11H14O5/c12-11(15-9-3-1-5-13-7-9)16-10-4-2-6-14-8-10/h1-4,9-10H,5-8H2. The number of carbonyl (C=O) groups is 1. The van der Waals surface area contributed by atoms with Gasteiger partial charge in [-0.05, 0) is 12.2 Å². The molecule has 2 aliphatic rings. The van der Waals surface area contributed by atoms with E-state index in [2.05, 4.69) is 0 Å². The van der Waals surface area contributed by atoms with Crippen molar-refractivity contribution < 1.29 is 23.7 Å². The topological polar surface area (TPSA) is 54.0 Å². The average molecular weight is 226 g/mol. The first-order valence-electron chi connectivity index (χ1n) is 5.20. The lowest BCUT2D eigenvalue weighted by atomic mass is 10.3. The highest BCUT2D eigenvalue weighted by Crippen LogP contribution is 2.07. The summed E-state index contributed by atoms with van der Waals surface area (Å²) in [5.74, 6) is 0. The van der Waals surface area contributed by atoms with E-state index < -0.39 is 6.16 Å². The summed E-state index contributed by atoms with van der Waals surface area (Å²) in [6.45, 7) is 1.88. The summed E-state index contributed by atoms with van der Waals surface area (Å²) < 4.78 is 20.3. The van der Waals surface area contributed by atoms with Crippen molar-refractivity contribution in [3.63, 3.8) is 0 Å². The number of hydrogen-bond acceptors (Lipinski definition) is 5. The lowest BCUT2D eigenvalue weighted by molar-refractivity contribution is -0.0275. The third kappa shape index (κ3) is 3.36. The molecule has 0 amide bonds. The van der Waals surface area contributed by atoms with Gasteiger partial charge in [-0.25, -0.2) is 4.79 Å². The Kier molecular flexibility index (Phi) is 3.96. The zero-order valence-electron chi connectivity index (χ0n) is 8.83. The first-order valence-corrected chi connectivity index (χ1v) is 5.20. The molecule has 0 aromatic heterocycles. The minimum atomic E-state index is -0.694. The summed E-state index contributed by atoms with van der Waals surface area (Å²) in [5, 5.41) is 0. The number of carbonyl (C=O) groups excluding carboxylic acids is 1. The van der Waals surface area contributed by atoms with Crippen LogP contribution in [0.5, 0.6) is 0 Å². The van der Waals surface area contributed by atoms with Crippen LogP contribution in [0.1, 0.15) is 0 Å². The van der Waals surface area contributed by atoms with E-state index in [4.69, 9.17) is 18.9 Å². The van der Waals surface area contributed by atoms with Crippen LogP contribution >= 0.6 is 0 Å². The Bertz CT molecular complexity index is 269. The van der Waals surface area contributed by atoms with E-state index in [1.807, 2.05) is 12.2 Å². The van der Waals surface area contributed by atoms with Gasteiger partial charge in [-0.2, -0.15) is 0 Å². The summed E-state index contributed by atoms with van der Waals surface area (Å²) in [6.07, 6.45) is 5.80. The summed E-state index contributed by atoms with van der Waals surface area (Å²) in [4.78, 5) is 11.4. The van der Waals surface area contributed by atoms with Gasteiger partial charge in [0, 0.05) is 0 Å². The molecule has 0 fully saturated rings. The van der Waals surface area contributed by atoms with Gasteiger partial charge >= 0.3 is 6.16 Å². The quantitative estimate of drug-likeness (QED) is 0.520. The second kappa shape index (κ2) is 5.67. The lowest BCUT2D eigenvalue weighted by Gasteiger charge is -2.20. The molecule has 0 spiro atoms. The molecule has 0 aromatic carbocycles. The van der Waals surface area contributed by atoms with Crippen LogP contribution in [0.3, 0.4) is 0 Å². The Hall–Kier alpha value is -1.33. The maximum absolute atomic E-state index is 11.4. The van der Waals surface area contributed by atoms with Crippen LogP contribution in [0.2, 0.25) is 0 Å². The molecule has 0 radical (unpaired) electrons. The molecule has 0 aliphatic carbocycles. The van der Waals surface area contributed by atoms with Crippen LogP contribution in [-0.4, -0.2) is 44.8 Å². The van der Waals surface area contributed by atoms with Gasteiger partial charge in [0.2, 0.25) is 0 Å². The van der Waals surface area contributed by atoms with Gasteiger partial charge in [-0.1, -0.05) is 12.2 Å². The van der Waals surface area contributed by atoms with Gasteiger partial charge in [-0.15, -0.1) is 0 Å². The number of rotatable bonds is 2. The van der Waals surface area contributed by atoms with Crippen molar-refractivity contribution in [1.82, 2.24) is 0 Å². The Morgan fingerprint density at radius 1 is 1.00 bits per heavy atom. The molecule has 0 aromatic rings. The Morgan fingerprint density at radius 3 is 1.88 bits per heavy atom. The van der Waals surface area contributed by atoms with E-state index in [-0.39, 0.29) is 12.2 Å². The fraction of sp³-hybridized carbons (Fsp3) is 0.545. The molecular weight excluding hydrogens is 212 g/mol. The fourth-order valence-corrected chi connectivity index (χ4v) is 1.45. The van der Waals surface area contributed by atoms with Crippen LogP contribution in [0.15, 0.2) is 24.3 Å². The van der Waals surface area contributed by atoms with E-state index in [9.17, 15) is 4.79 Å². The zero-order chi connectivity index (χ0) is 11.2. The van der Waals surface area contributed by atoms with Gasteiger partial charge in [-0.3, -0.25) is 0 Å². The molecule has 16 heavy (non-hydrogen) atoms. The maximum atomic E-state index is 11.4. The third-order valence-corrected chi connectivity index (χ3v) is 2.19. The van der Waals surface area contributed by atoms with Crippen molar-refractivity contribution in [2.45, 2.75) is 12.2 Å². The van der Waals surface area contributed by atoms with Crippen molar-refractivity contribution in [2.75, 3.05) is 26.4 Å². The average Bonchev–Trinajstić information content (AvgIpc) is 2.31. The van der Waals surface area contributed by atoms with Crippen molar-refractivity contribution in [3.8, 4) is 0 Å². The van der Waals surface area contributed by atoms with E-state index >= 15 is 0 Å². The lowest BCUT2D eigenvalue weighted by Crippen LogP contribution is -2.29. The first kappa shape index (κ1) is 11.2. The summed E-state index contributed by atoms with van der Waals surface area (Å²) in [5.41, 5.74) is 0. The molecule has 2 heterocycles. The van der Waals surface area contributed by atoms with E-state index in [1.165, 1.54) is 0 Å². The van der Waals surface area contributed by atoms with Crippen molar-refractivity contribution >= 4 is 6.16 Å². The molecule has 2 unspecified atom stereocenters. The van der Waals surface area contributed by atoms with Crippen LogP contribution in [-0.2, 0) is 18.9 Å². The number of hydrogen-bond donors (Lipinski definition) is 0. The van der Waals surface area contributed by atoms with Gasteiger partial charge in [0.1, 0.15) is 12.2 Å². The fourth-order valence-electron chi connectivity index (χ4n) is 1.45. The second-order valence-electron chi connectivity index (χ2n) is 3.49. The molecule has 0 saturated carbocycles. The SMILES string of the molecule is O=C(OC1C=CCOC1)OC1C=CCOC1. The minimum absolute atomic E-state index is 0.352. The largest absolute Gasteiger partial charge is 0.509 e. The summed E-state index contributed by atoms with van der Waals surface area (Å²) in [6, 6.07) is 0. The number of ether oxygens (including phenoxy) is 4. The van der Waals surface area contributed by atoms with Crippen LogP contribution < -0.4 is 0 Å². The Balaban J connectivity index is 1.74. The van der Waals surface area contributed by atoms with E-state index in [1.54, 1.807) is 12.2 Å². The maximum Gasteiger partial charge on any atom is 0.509 e. The smallest absolute Gasteiger partial charge is 0.424 e. The normalized spacial score (nSPS) is 28.8. The van der Waals surface area contributed by atoms with E-state index in [0.717, 1.165) is 0 Å². The Morgan fingerprint density at radius 2 is 1.50 bits per heavy atom. The Labute approximate surface area is 93.6 Å². The van der Waals surface area contributed by atoms with Gasteiger partial charge in [0.05, 0.1) is 26.4 Å². The van der Waals surface area contributed by atoms with Crippen LogP contribution in [0, 0.1) is 0 Å². The molecule has 0 saturated heterocycles. The highest BCUT2D eigenvalue weighted by molar-refractivity contribution is 5.61. The molecule has 0 bridgehead atoms. The highest BCUT2D eigenvalue weighted by atomic mass is 16.7. The van der Waals surface area contributed by atoms with Crippen LogP contribution in [0.25, 0.3) is 0 Å². The van der Waals surface area contributed by atoms with Crippen LogP contribution in [0.4, 0.5) is 4.79 Å². The van der Waals surface area contributed by atoms with Crippen molar-refractivity contribution in [1.29, 1.82) is 0 Å². The molecule has 5 nitrogen and oxygen atoms in total. The second-order valence-corrected chi connectivity index (χ2v) is 3.49. The molecule has 0 N–H and O–H groups in total. The summed E-state index contributed by atoms with van der Waals surface area (Å²) >= 11 is 0. The van der Waals surface area contributed by atoms with Crippen molar-refractivity contribution in [2.24, 2.45) is 0 Å². The first-order chi connectivity index (χ1) is 7.84. The predicted octanol–water partition coefficient (Wildman–Crippen LogP) is 1.05. The van der Waals surface area contributed by atoms with Crippen molar-refractivity contribution in [3.05, 3.63) is 24.3 Å². The van der Waals surface area contributed by atoms with Gasteiger partial charge < -0.3 is 18.9 Å². The highest BCUT2D eigenvalue weighted by Gasteiger charge is 2.19. The van der Waals surface area contributed by atoms with Gasteiger partial charge in [0.15, 0.2) is 0 Å². The minimum Gasteiger partial charge on any atom is -0.424 e. The molecule has 5 heteroatoms. The summed E-state index contributed by atoms with van der Waals surface area (Å²) in [7, 11) is 0. The molecule has 2 aliphatic heterocycles. The molecule has 88 valence electrons. The zero-order valence-corrected chi connectivity index (χ0v) is 8.83. The van der Waals surface area contributed by atoms with Gasteiger partial charge in [0.25, 0.3) is 0 Å². The van der Waals surface area contributed by atoms with E-state index in [0.29, 0.717) is 26.4 Å².